The first kappa shape index (κ1) is 8.72. The number of nitrogens with zero attached hydrogens (tertiary/aromatic N) is 1. The zero-order valence-electron chi connectivity index (χ0n) is 7.31. The predicted molar refractivity (Wildman–Crippen MR) is 45.4 cm³/mol. The number of allylic oxidation sites excluding steroid dienone is 1. The van der Waals surface area contributed by atoms with Crippen molar-refractivity contribution in [3.8, 4) is 0 Å². The summed E-state index contributed by atoms with van der Waals surface area (Å²) in [7, 11) is 1.99. The Labute approximate surface area is 67.9 Å². The first-order valence-corrected chi connectivity index (χ1v) is 4.16. The quantitative estimate of drug-likeness (QED) is 0.526. The van der Waals surface area contributed by atoms with Crippen LogP contribution in [-0.4, -0.2) is 31.2 Å². The van der Waals surface area contributed by atoms with Gasteiger partial charge in [-0.1, -0.05) is 11.6 Å². The molecule has 1 nitrogen and oxygen atoms in total. The molecule has 0 aliphatic carbocycles. The number of likely N-dealkylation sites (N-methyl/N-ethyl adjacent to an activating group) is 1. The third-order valence-electron chi connectivity index (χ3n) is 2.40. The summed E-state index contributed by atoms with van der Waals surface area (Å²) in [6, 6.07) is 0.142. The summed E-state index contributed by atoms with van der Waals surface area (Å²) >= 11 is 0. The van der Waals surface area contributed by atoms with Crippen LogP contribution in [0.1, 0.15) is 19.8 Å². The van der Waals surface area contributed by atoms with Crippen molar-refractivity contribution in [3.05, 3.63) is 11.6 Å². The van der Waals surface area contributed by atoms with Gasteiger partial charge in [0.25, 0.3) is 0 Å². The first-order valence-electron chi connectivity index (χ1n) is 4.16. The van der Waals surface area contributed by atoms with Crippen molar-refractivity contribution in [2.75, 3.05) is 20.3 Å². The van der Waals surface area contributed by atoms with Crippen LogP contribution in [0, 0.1) is 0 Å². The van der Waals surface area contributed by atoms with Crippen molar-refractivity contribution in [3.63, 3.8) is 0 Å². The van der Waals surface area contributed by atoms with E-state index in [4.69, 9.17) is 0 Å². The average molecular weight is 157 g/mol. The largest absolute Gasteiger partial charge is 0.297 e. The number of rotatable bonds is 1. The Bertz CT molecular complexity index is 154. The summed E-state index contributed by atoms with van der Waals surface area (Å²) in [6.45, 7) is 2.81. The zero-order chi connectivity index (χ0) is 8.27. The zero-order valence-corrected chi connectivity index (χ0v) is 7.31. The van der Waals surface area contributed by atoms with E-state index in [0.717, 1.165) is 19.4 Å². The second kappa shape index (κ2) is 3.86. The molecule has 64 valence electrons. The fourth-order valence-electron chi connectivity index (χ4n) is 1.36. The van der Waals surface area contributed by atoms with E-state index in [9.17, 15) is 4.39 Å². The van der Waals surface area contributed by atoms with Gasteiger partial charge in [0, 0.05) is 12.6 Å². The number of hydrogen-bond donors (Lipinski definition) is 0. The molecule has 0 aromatic carbocycles. The van der Waals surface area contributed by atoms with E-state index < -0.39 is 0 Å². The van der Waals surface area contributed by atoms with Crippen molar-refractivity contribution in [1.29, 1.82) is 0 Å². The molecule has 0 radical (unpaired) electrons. The van der Waals surface area contributed by atoms with Gasteiger partial charge in [-0.2, -0.15) is 0 Å². The Hall–Kier alpha value is -0.370. The number of halogens is 1. The van der Waals surface area contributed by atoms with E-state index in [-0.39, 0.29) is 12.7 Å². The maximum absolute atomic E-state index is 12.4. The molecule has 0 spiro atoms. The van der Waals surface area contributed by atoms with E-state index in [2.05, 4.69) is 17.9 Å². The summed E-state index contributed by atoms with van der Waals surface area (Å²) in [6.07, 6.45) is 4.21. The van der Waals surface area contributed by atoms with Crippen LogP contribution in [0.15, 0.2) is 11.6 Å². The number of hydrogen-bond acceptors (Lipinski definition) is 1. The van der Waals surface area contributed by atoms with Crippen LogP contribution in [0.3, 0.4) is 0 Å². The summed E-state index contributed by atoms with van der Waals surface area (Å²) in [5.41, 5.74) is 1.40. The Balaban J connectivity index is 2.51. The van der Waals surface area contributed by atoms with Gasteiger partial charge in [-0.05, 0) is 26.8 Å². The first-order chi connectivity index (χ1) is 5.24. The fraction of sp³-hybridized carbons (Fsp3) is 0.778. The molecule has 0 saturated carbocycles. The molecule has 0 unspecified atom stereocenters. The van der Waals surface area contributed by atoms with Gasteiger partial charge in [-0.25, -0.2) is 4.39 Å². The van der Waals surface area contributed by atoms with Gasteiger partial charge in [-0.3, -0.25) is 4.90 Å². The molecule has 0 bridgehead atoms. The SMILES string of the molecule is CC1=CCN(C)[C@@H](CF)CC1. The van der Waals surface area contributed by atoms with Crippen LogP contribution < -0.4 is 0 Å². The lowest BCUT2D eigenvalue weighted by Gasteiger charge is -2.21. The minimum Gasteiger partial charge on any atom is -0.297 e. The smallest absolute Gasteiger partial charge is 0.105 e. The van der Waals surface area contributed by atoms with Crippen molar-refractivity contribution in [2.45, 2.75) is 25.8 Å². The van der Waals surface area contributed by atoms with E-state index in [1.807, 2.05) is 7.05 Å². The Morgan fingerprint density at radius 1 is 1.73 bits per heavy atom. The molecule has 11 heavy (non-hydrogen) atoms. The topological polar surface area (TPSA) is 3.24 Å². The molecule has 0 N–H and O–H groups in total. The van der Waals surface area contributed by atoms with Crippen LogP contribution >= 0.6 is 0 Å². The number of alkyl halides is 1. The highest BCUT2D eigenvalue weighted by atomic mass is 19.1. The second-order valence-corrected chi connectivity index (χ2v) is 3.34. The van der Waals surface area contributed by atoms with E-state index in [1.165, 1.54) is 5.57 Å². The predicted octanol–water partition coefficient (Wildman–Crippen LogP) is 2.00. The molecular formula is C9H16FN. The van der Waals surface area contributed by atoms with Crippen LogP contribution in [0.4, 0.5) is 4.39 Å². The Morgan fingerprint density at radius 2 is 2.45 bits per heavy atom. The summed E-state index contributed by atoms with van der Waals surface area (Å²) < 4.78 is 12.4. The summed E-state index contributed by atoms with van der Waals surface area (Å²) in [5, 5.41) is 0. The molecule has 0 aromatic heterocycles. The highest BCUT2D eigenvalue weighted by molar-refractivity contribution is 5.02. The molecule has 1 aliphatic rings. The third kappa shape index (κ3) is 2.29. The molecule has 1 rings (SSSR count). The maximum atomic E-state index is 12.4. The van der Waals surface area contributed by atoms with Crippen LogP contribution in [0.25, 0.3) is 0 Å². The maximum Gasteiger partial charge on any atom is 0.105 e. The van der Waals surface area contributed by atoms with Crippen molar-refractivity contribution < 1.29 is 4.39 Å². The fourth-order valence-corrected chi connectivity index (χ4v) is 1.36. The molecule has 2 heteroatoms. The van der Waals surface area contributed by atoms with Gasteiger partial charge >= 0.3 is 0 Å². The van der Waals surface area contributed by atoms with Crippen LogP contribution in [-0.2, 0) is 0 Å². The van der Waals surface area contributed by atoms with E-state index >= 15 is 0 Å². The molecule has 1 heterocycles. The lowest BCUT2D eigenvalue weighted by molar-refractivity contribution is 0.213. The van der Waals surface area contributed by atoms with Crippen molar-refractivity contribution in [1.82, 2.24) is 4.90 Å². The Kier molecular flexibility index (Phi) is 3.06. The summed E-state index contributed by atoms with van der Waals surface area (Å²) in [5.74, 6) is 0. The van der Waals surface area contributed by atoms with Gasteiger partial charge in [0.2, 0.25) is 0 Å². The molecule has 0 fully saturated rings. The lowest BCUT2D eigenvalue weighted by Crippen LogP contribution is -2.32. The molecule has 1 atom stereocenters. The minimum absolute atomic E-state index is 0.142. The van der Waals surface area contributed by atoms with Crippen molar-refractivity contribution >= 4 is 0 Å². The van der Waals surface area contributed by atoms with Gasteiger partial charge in [0.15, 0.2) is 0 Å². The monoisotopic (exact) mass is 157 g/mol. The standard InChI is InChI=1S/C9H16FN/c1-8-3-4-9(7-10)11(2)6-5-8/h5,9H,3-4,6-7H2,1-2H3/t9-/m1/s1. The highest BCUT2D eigenvalue weighted by Gasteiger charge is 2.15. The molecule has 0 saturated heterocycles. The Morgan fingerprint density at radius 3 is 3.09 bits per heavy atom. The van der Waals surface area contributed by atoms with Crippen LogP contribution in [0.5, 0.6) is 0 Å². The molecule has 1 aliphatic heterocycles. The summed E-state index contributed by atoms with van der Waals surface area (Å²) in [4.78, 5) is 2.08. The molecule has 0 amide bonds. The van der Waals surface area contributed by atoms with Gasteiger partial charge in [0.05, 0.1) is 0 Å². The highest BCUT2D eigenvalue weighted by Crippen LogP contribution is 2.15. The molecular weight excluding hydrogens is 141 g/mol. The van der Waals surface area contributed by atoms with Gasteiger partial charge < -0.3 is 0 Å². The molecule has 0 aromatic rings. The second-order valence-electron chi connectivity index (χ2n) is 3.34. The van der Waals surface area contributed by atoms with Gasteiger partial charge in [-0.15, -0.1) is 0 Å². The third-order valence-corrected chi connectivity index (χ3v) is 2.40. The van der Waals surface area contributed by atoms with Gasteiger partial charge in [0.1, 0.15) is 6.67 Å². The van der Waals surface area contributed by atoms with E-state index in [1.54, 1.807) is 0 Å². The van der Waals surface area contributed by atoms with Crippen LogP contribution in [0.2, 0.25) is 0 Å². The minimum atomic E-state index is -0.211. The normalized spacial score (nSPS) is 27.9. The van der Waals surface area contributed by atoms with Crippen molar-refractivity contribution in [2.24, 2.45) is 0 Å². The lowest BCUT2D eigenvalue weighted by atomic mass is 10.1. The van der Waals surface area contributed by atoms with E-state index in [0.29, 0.717) is 0 Å². The average Bonchev–Trinajstić information content (AvgIpc) is 2.15.